The summed E-state index contributed by atoms with van der Waals surface area (Å²) < 4.78 is 0. The molecule has 0 atom stereocenters. The summed E-state index contributed by atoms with van der Waals surface area (Å²) in [5.74, 6) is -0.596. The van der Waals surface area contributed by atoms with Crippen molar-refractivity contribution in [3.63, 3.8) is 0 Å². The lowest BCUT2D eigenvalue weighted by molar-refractivity contribution is 0.0950. The number of aromatic nitrogens is 2. The van der Waals surface area contributed by atoms with E-state index in [1.807, 2.05) is 0 Å². The number of nitrogens with zero attached hydrogens (tertiary/aromatic N) is 2. The van der Waals surface area contributed by atoms with E-state index in [2.05, 4.69) is 20.7 Å². The topological polar surface area (TPSA) is 107 Å². The van der Waals surface area contributed by atoms with Gasteiger partial charge in [-0.15, -0.1) is 0 Å². The van der Waals surface area contributed by atoms with E-state index >= 15 is 0 Å². The maximum atomic E-state index is 12.4. The smallest absolute Gasteiger partial charge is 0.292 e. The Hall–Kier alpha value is -3.19. The van der Waals surface area contributed by atoms with Gasteiger partial charge in [-0.3, -0.25) is 9.59 Å². The van der Waals surface area contributed by atoms with E-state index in [1.54, 1.807) is 37.3 Å². The number of hydrazone groups is 1. The highest BCUT2D eigenvalue weighted by molar-refractivity contribution is 6.31. The third kappa shape index (κ3) is 3.36. The minimum absolute atomic E-state index is 0.00693. The molecule has 1 aromatic heterocycles. The lowest BCUT2D eigenvalue weighted by atomic mass is 10.1. The number of aromatic hydroxyl groups is 1. The number of rotatable bonds is 3. The molecule has 3 rings (SSSR count). The Labute approximate surface area is 147 Å². The van der Waals surface area contributed by atoms with Crippen LogP contribution in [0.3, 0.4) is 0 Å². The van der Waals surface area contributed by atoms with Crippen LogP contribution in [0.5, 0.6) is 5.75 Å². The largest absolute Gasteiger partial charge is 0.507 e. The first kappa shape index (κ1) is 16.7. The Morgan fingerprint density at radius 1 is 1.24 bits per heavy atom. The van der Waals surface area contributed by atoms with Crippen LogP contribution in [0.25, 0.3) is 10.8 Å². The molecule has 1 heterocycles. The number of nitrogens with one attached hydrogen (secondary N) is 2. The Balaban J connectivity index is 1.92. The minimum atomic E-state index is -0.590. The molecule has 0 radical (unpaired) electrons. The van der Waals surface area contributed by atoms with E-state index in [4.69, 9.17) is 11.6 Å². The molecule has 1 amide bonds. The Morgan fingerprint density at radius 3 is 2.72 bits per heavy atom. The average molecular weight is 357 g/mol. The fraction of sp³-hybridized carbons (Fsp3) is 0.0588. The van der Waals surface area contributed by atoms with Gasteiger partial charge in [-0.1, -0.05) is 29.8 Å². The average Bonchev–Trinajstić information content (AvgIpc) is 2.62. The van der Waals surface area contributed by atoms with Crippen molar-refractivity contribution in [2.45, 2.75) is 6.92 Å². The van der Waals surface area contributed by atoms with Crippen LogP contribution in [-0.2, 0) is 0 Å². The van der Waals surface area contributed by atoms with Crippen LogP contribution < -0.4 is 11.0 Å². The number of halogens is 1. The number of carbonyl (C=O) groups excluding carboxylic acids is 1. The molecule has 0 saturated heterocycles. The number of benzene rings is 2. The molecule has 3 aromatic rings. The van der Waals surface area contributed by atoms with Gasteiger partial charge in [0.2, 0.25) is 0 Å². The Kier molecular flexibility index (Phi) is 4.49. The van der Waals surface area contributed by atoms with Crippen molar-refractivity contribution in [3.05, 3.63) is 69.1 Å². The summed E-state index contributed by atoms with van der Waals surface area (Å²) in [4.78, 5) is 24.1. The van der Waals surface area contributed by atoms with Crippen LogP contribution in [0.15, 0.2) is 52.4 Å². The van der Waals surface area contributed by atoms with Crippen molar-refractivity contribution in [3.8, 4) is 5.75 Å². The maximum Gasteiger partial charge on any atom is 0.292 e. The van der Waals surface area contributed by atoms with Crippen molar-refractivity contribution in [2.75, 3.05) is 0 Å². The molecule has 0 aliphatic heterocycles. The van der Waals surface area contributed by atoms with Gasteiger partial charge in [0.1, 0.15) is 5.75 Å². The lowest BCUT2D eigenvalue weighted by Crippen LogP contribution is -2.23. The summed E-state index contributed by atoms with van der Waals surface area (Å²) in [7, 11) is 0. The van der Waals surface area contributed by atoms with E-state index < -0.39 is 5.91 Å². The van der Waals surface area contributed by atoms with Crippen LogP contribution >= 0.6 is 11.6 Å². The third-order valence-corrected chi connectivity index (χ3v) is 3.82. The first-order valence-corrected chi connectivity index (χ1v) is 7.66. The minimum Gasteiger partial charge on any atom is -0.507 e. The SMILES string of the molecule is C/C(=N\NC(=O)c1n[nH]c(=O)c2ccccc12)c1cc(Cl)ccc1O. The third-order valence-electron chi connectivity index (χ3n) is 3.58. The summed E-state index contributed by atoms with van der Waals surface area (Å²) in [6.45, 7) is 1.62. The van der Waals surface area contributed by atoms with Crippen molar-refractivity contribution in [1.29, 1.82) is 0 Å². The number of fused-ring (bicyclic) bond motifs is 1. The van der Waals surface area contributed by atoms with E-state index in [9.17, 15) is 14.7 Å². The van der Waals surface area contributed by atoms with Crippen LogP contribution in [-0.4, -0.2) is 26.9 Å². The number of hydrogen-bond acceptors (Lipinski definition) is 5. The van der Waals surface area contributed by atoms with Gasteiger partial charge >= 0.3 is 0 Å². The molecule has 0 unspecified atom stereocenters. The summed E-state index contributed by atoms with van der Waals surface area (Å²) in [5, 5.41) is 21.1. The molecule has 0 spiro atoms. The zero-order valence-electron chi connectivity index (χ0n) is 13.1. The molecule has 0 saturated carbocycles. The Bertz CT molecular complexity index is 1060. The van der Waals surface area contributed by atoms with Gasteiger partial charge < -0.3 is 5.11 Å². The first-order chi connectivity index (χ1) is 12.0. The van der Waals surface area contributed by atoms with Crippen LogP contribution in [0.2, 0.25) is 5.02 Å². The van der Waals surface area contributed by atoms with E-state index in [0.717, 1.165) is 0 Å². The molecule has 0 fully saturated rings. The monoisotopic (exact) mass is 356 g/mol. The maximum absolute atomic E-state index is 12.4. The van der Waals surface area contributed by atoms with Gasteiger partial charge in [0.25, 0.3) is 11.5 Å². The highest BCUT2D eigenvalue weighted by Crippen LogP contribution is 2.22. The number of amides is 1. The number of carbonyl (C=O) groups is 1. The Morgan fingerprint density at radius 2 is 1.96 bits per heavy atom. The molecule has 3 N–H and O–H groups in total. The molecule has 0 aliphatic rings. The zero-order valence-corrected chi connectivity index (χ0v) is 13.8. The summed E-state index contributed by atoms with van der Waals surface area (Å²) in [6.07, 6.45) is 0. The number of hydrogen-bond donors (Lipinski definition) is 3. The van der Waals surface area contributed by atoms with Gasteiger partial charge in [0.05, 0.1) is 11.1 Å². The number of H-pyrrole nitrogens is 1. The number of aromatic amines is 1. The van der Waals surface area contributed by atoms with E-state index in [1.165, 1.54) is 12.1 Å². The molecular weight excluding hydrogens is 344 g/mol. The zero-order chi connectivity index (χ0) is 18.0. The second kappa shape index (κ2) is 6.74. The number of phenolic OH excluding ortho intramolecular Hbond substituents is 1. The van der Waals surface area contributed by atoms with Gasteiger partial charge in [0.15, 0.2) is 5.69 Å². The second-order valence-electron chi connectivity index (χ2n) is 5.25. The predicted octanol–water partition coefficient (Wildman–Crippen LogP) is 2.44. The van der Waals surface area contributed by atoms with E-state index in [0.29, 0.717) is 27.1 Å². The lowest BCUT2D eigenvalue weighted by Gasteiger charge is -2.06. The van der Waals surface area contributed by atoms with Crippen LogP contribution in [0.4, 0.5) is 0 Å². The fourth-order valence-corrected chi connectivity index (χ4v) is 2.51. The molecule has 2 aromatic carbocycles. The van der Waals surface area contributed by atoms with Crippen molar-refractivity contribution in [2.24, 2.45) is 5.10 Å². The van der Waals surface area contributed by atoms with Gasteiger partial charge in [0, 0.05) is 16.0 Å². The van der Waals surface area contributed by atoms with E-state index in [-0.39, 0.29) is 17.0 Å². The van der Waals surface area contributed by atoms with Crippen LogP contribution in [0, 0.1) is 0 Å². The van der Waals surface area contributed by atoms with Gasteiger partial charge in [-0.25, -0.2) is 10.5 Å². The second-order valence-corrected chi connectivity index (χ2v) is 5.68. The number of phenols is 1. The molecular formula is C17H13ClN4O3. The summed E-state index contributed by atoms with van der Waals surface area (Å²) in [6, 6.07) is 11.2. The standard InChI is InChI=1S/C17H13ClN4O3/c1-9(13-8-10(18)6-7-14(13)23)19-22-17(25)15-11-4-2-3-5-12(11)16(24)21-20-15/h2-8,23H,1H3,(H,21,24)(H,22,25)/b19-9+. The van der Waals surface area contributed by atoms with Gasteiger partial charge in [-0.05, 0) is 31.2 Å². The summed E-state index contributed by atoms with van der Waals surface area (Å²) in [5.41, 5.74) is 2.79. The quantitative estimate of drug-likeness (QED) is 0.494. The molecule has 126 valence electrons. The molecule has 0 bridgehead atoms. The van der Waals surface area contributed by atoms with Crippen molar-refractivity contribution in [1.82, 2.24) is 15.6 Å². The molecule has 8 heteroatoms. The van der Waals surface area contributed by atoms with Gasteiger partial charge in [-0.2, -0.15) is 10.2 Å². The normalized spacial score (nSPS) is 11.5. The van der Waals surface area contributed by atoms with Crippen molar-refractivity contribution < 1.29 is 9.90 Å². The van der Waals surface area contributed by atoms with Crippen molar-refractivity contribution >= 4 is 34.0 Å². The highest BCUT2D eigenvalue weighted by Gasteiger charge is 2.14. The first-order valence-electron chi connectivity index (χ1n) is 7.28. The summed E-state index contributed by atoms with van der Waals surface area (Å²) >= 11 is 5.90. The molecule has 25 heavy (non-hydrogen) atoms. The highest BCUT2D eigenvalue weighted by atomic mass is 35.5. The molecule has 0 aliphatic carbocycles. The van der Waals surface area contributed by atoms with Crippen LogP contribution in [0.1, 0.15) is 23.0 Å². The predicted molar refractivity (Wildman–Crippen MR) is 95.2 cm³/mol. The molecule has 7 nitrogen and oxygen atoms in total. The fourth-order valence-electron chi connectivity index (χ4n) is 2.33.